The standard InChI is InChI=1S/C39H21N5/c40-22-25-17-27(23-41)39(28(18-25)24-42)26-9-8-12-30(19-26)44-36-16-7-5-14-32(36)34-20-37-33(21-38(34)44)31-13-4-6-15-35(31)43(37)29-10-2-1-3-11-29/h1-21H. The lowest BCUT2D eigenvalue weighted by Gasteiger charge is -2.12. The van der Waals surface area contributed by atoms with Crippen LogP contribution in [0.3, 0.4) is 0 Å². The molecule has 0 aliphatic heterocycles. The maximum atomic E-state index is 9.95. The number of fused-ring (bicyclic) bond motifs is 6. The third kappa shape index (κ3) is 3.63. The van der Waals surface area contributed by atoms with Gasteiger partial charge >= 0.3 is 0 Å². The fourth-order valence-corrected chi connectivity index (χ4v) is 6.56. The van der Waals surface area contributed by atoms with Crippen LogP contribution in [0.25, 0.3) is 66.1 Å². The SMILES string of the molecule is N#Cc1cc(C#N)c(-c2cccc(-n3c4ccccc4c4cc5c(cc43)c3ccccc3n5-c3ccccc3)c2)c(C#N)c1. The molecule has 5 nitrogen and oxygen atoms in total. The van der Waals surface area contributed by atoms with E-state index in [1.165, 1.54) is 5.39 Å². The molecule has 0 saturated heterocycles. The Balaban J connectivity index is 1.45. The molecule has 2 aromatic heterocycles. The maximum absolute atomic E-state index is 9.95. The summed E-state index contributed by atoms with van der Waals surface area (Å²) in [7, 11) is 0. The summed E-state index contributed by atoms with van der Waals surface area (Å²) in [6.07, 6.45) is 0. The van der Waals surface area contributed by atoms with Gasteiger partial charge in [-0.3, -0.25) is 0 Å². The van der Waals surface area contributed by atoms with Crippen LogP contribution >= 0.6 is 0 Å². The summed E-state index contributed by atoms with van der Waals surface area (Å²) >= 11 is 0. The van der Waals surface area contributed by atoms with Gasteiger partial charge in [0.05, 0.1) is 57.0 Å². The largest absolute Gasteiger partial charge is 0.309 e. The highest BCUT2D eigenvalue weighted by molar-refractivity contribution is 6.19. The predicted octanol–water partition coefficient (Wildman–Crippen LogP) is 9.16. The van der Waals surface area contributed by atoms with E-state index in [0.29, 0.717) is 22.3 Å². The van der Waals surface area contributed by atoms with Crippen LogP contribution < -0.4 is 0 Å². The van der Waals surface area contributed by atoms with E-state index in [2.05, 4.69) is 112 Å². The number of aromatic nitrogens is 2. The van der Waals surface area contributed by atoms with Crippen molar-refractivity contribution in [2.45, 2.75) is 0 Å². The highest BCUT2D eigenvalue weighted by Gasteiger charge is 2.19. The van der Waals surface area contributed by atoms with Gasteiger partial charge in [-0.25, -0.2) is 0 Å². The van der Waals surface area contributed by atoms with Crippen molar-refractivity contribution in [3.05, 3.63) is 144 Å². The second-order valence-corrected chi connectivity index (χ2v) is 10.8. The van der Waals surface area contributed by atoms with Gasteiger partial charge < -0.3 is 9.13 Å². The molecular formula is C39H21N5. The molecule has 0 unspecified atom stereocenters. The normalized spacial score (nSPS) is 11.1. The Labute approximate surface area is 252 Å². The van der Waals surface area contributed by atoms with Crippen LogP contribution in [0.5, 0.6) is 0 Å². The minimum atomic E-state index is 0.291. The molecule has 0 saturated carbocycles. The molecule has 5 heteroatoms. The molecule has 0 aliphatic carbocycles. The van der Waals surface area contributed by atoms with Crippen molar-refractivity contribution < 1.29 is 0 Å². The lowest BCUT2D eigenvalue weighted by atomic mass is 9.93. The van der Waals surface area contributed by atoms with Gasteiger partial charge in [0.15, 0.2) is 0 Å². The van der Waals surface area contributed by atoms with E-state index in [-0.39, 0.29) is 0 Å². The number of nitriles is 3. The summed E-state index contributed by atoms with van der Waals surface area (Å²) in [6, 6.07) is 49.4. The van der Waals surface area contributed by atoms with Gasteiger partial charge in [-0.15, -0.1) is 0 Å². The number of para-hydroxylation sites is 3. The van der Waals surface area contributed by atoms with Crippen molar-refractivity contribution in [1.29, 1.82) is 15.8 Å². The van der Waals surface area contributed by atoms with Gasteiger partial charge in [-0.05, 0) is 66.2 Å². The van der Waals surface area contributed by atoms with Crippen LogP contribution in [0.2, 0.25) is 0 Å². The van der Waals surface area contributed by atoms with Crippen molar-refractivity contribution in [1.82, 2.24) is 9.13 Å². The zero-order chi connectivity index (χ0) is 29.8. The van der Waals surface area contributed by atoms with Crippen LogP contribution in [0, 0.1) is 34.0 Å². The van der Waals surface area contributed by atoms with E-state index in [1.54, 1.807) is 12.1 Å². The number of benzene rings is 6. The summed E-state index contributed by atoms with van der Waals surface area (Å²) < 4.78 is 4.58. The molecule has 0 fully saturated rings. The number of hydrogen-bond acceptors (Lipinski definition) is 3. The second kappa shape index (κ2) is 9.74. The van der Waals surface area contributed by atoms with E-state index in [1.807, 2.05) is 30.3 Å². The monoisotopic (exact) mass is 559 g/mol. The molecule has 0 bridgehead atoms. The van der Waals surface area contributed by atoms with Crippen LogP contribution in [0.1, 0.15) is 16.7 Å². The average Bonchev–Trinajstić information content (AvgIpc) is 3.59. The smallest absolute Gasteiger partial charge is 0.0999 e. The first-order valence-electron chi connectivity index (χ1n) is 14.2. The average molecular weight is 560 g/mol. The molecular weight excluding hydrogens is 538 g/mol. The molecule has 0 radical (unpaired) electrons. The van der Waals surface area contributed by atoms with E-state index >= 15 is 0 Å². The summed E-state index contributed by atoms with van der Waals surface area (Å²) in [4.78, 5) is 0. The fourth-order valence-electron chi connectivity index (χ4n) is 6.56. The quantitative estimate of drug-likeness (QED) is 0.216. The molecule has 0 N–H and O–H groups in total. The Morgan fingerprint density at radius 1 is 0.409 bits per heavy atom. The molecule has 44 heavy (non-hydrogen) atoms. The Kier molecular flexibility index (Phi) is 5.56. The maximum Gasteiger partial charge on any atom is 0.0999 e. The molecule has 0 atom stereocenters. The Morgan fingerprint density at radius 3 is 1.50 bits per heavy atom. The highest BCUT2D eigenvalue weighted by Crippen LogP contribution is 2.40. The van der Waals surface area contributed by atoms with Gasteiger partial charge in [0.2, 0.25) is 0 Å². The molecule has 2 heterocycles. The minimum absolute atomic E-state index is 0.291. The fraction of sp³-hybridized carbons (Fsp3) is 0. The summed E-state index contributed by atoms with van der Waals surface area (Å²) in [5, 5.41) is 33.9. The Bertz CT molecular complexity index is 2550. The third-order valence-corrected chi connectivity index (χ3v) is 8.38. The van der Waals surface area contributed by atoms with Crippen molar-refractivity contribution in [3.63, 3.8) is 0 Å². The van der Waals surface area contributed by atoms with E-state index in [9.17, 15) is 15.8 Å². The van der Waals surface area contributed by atoms with Crippen molar-refractivity contribution >= 4 is 43.6 Å². The topological polar surface area (TPSA) is 81.2 Å². The van der Waals surface area contributed by atoms with Gasteiger partial charge in [0, 0.05) is 38.5 Å². The third-order valence-electron chi connectivity index (χ3n) is 8.38. The van der Waals surface area contributed by atoms with E-state index < -0.39 is 0 Å². The van der Waals surface area contributed by atoms with Crippen molar-refractivity contribution in [2.24, 2.45) is 0 Å². The Morgan fingerprint density at radius 2 is 0.932 bits per heavy atom. The molecule has 0 spiro atoms. The lowest BCUT2D eigenvalue weighted by Crippen LogP contribution is -1.97. The van der Waals surface area contributed by atoms with E-state index in [4.69, 9.17) is 0 Å². The molecule has 0 aliphatic rings. The first-order chi connectivity index (χ1) is 21.7. The summed E-state index contributed by atoms with van der Waals surface area (Å²) in [5.74, 6) is 0. The first kappa shape index (κ1) is 25.1. The molecule has 8 rings (SSSR count). The number of rotatable bonds is 3. The van der Waals surface area contributed by atoms with Gasteiger partial charge in [0.1, 0.15) is 0 Å². The minimum Gasteiger partial charge on any atom is -0.309 e. The molecule has 6 aromatic carbocycles. The van der Waals surface area contributed by atoms with Crippen molar-refractivity contribution in [3.8, 4) is 40.7 Å². The molecule has 8 aromatic rings. The lowest BCUT2D eigenvalue weighted by molar-refractivity contribution is 1.17. The highest BCUT2D eigenvalue weighted by atomic mass is 15.0. The zero-order valence-electron chi connectivity index (χ0n) is 23.4. The predicted molar refractivity (Wildman–Crippen MR) is 175 cm³/mol. The van der Waals surface area contributed by atoms with Gasteiger partial charge in [-0.1, -0.05) is 66.7 Å². The molecule has 202 valence electrons. The van der Waals surface area contributed by atoms with Crippen molar-refractivity contribution in [2.75, 3.05) is 0 Å². The van der Waals surface area contributed by atoms with Gasteiger partial charge in [0.25, 0.3) is 0 Å². The van der Waals surface area contributed by atoms with Crippen LogP contribution in [-0.4, -0.2) is 9.13 Å². The summed E-state index contributed by atoms with van der Waals surface area (Å²) in [5.41, 5.74) is 8.60. The second-order valence-electron chi connectivity index (χ2n) is 10.8. The van der Waals surface area contributed by atoms with E-state index in [0.717, 1.165) is 55.2 Å². The summed E-state index contributed by atoms with van der Waals surface area (Å²) in [6.45, 7) is 0. The Hall–Kier alpha value is -6.61. The van der Waals surface area contributed by atoms with Crippen LogP contribution in [0.15, 0.2) is 127 Å². The van der Waals surface area contributed by atoms with Crippen LogP contribution in [-0.2, 0) is 0 Å². The first-order valence-corrected chi connectivity index (χ1v) is 14.2. The number of hydrogen-bond donors (Lipinski definition) is 0. The zero-order valence-corrected chi connectivity index (χ0v) is 23.4. The molecule has 0 amide bonds. The number of nitrogens with zero attached hydrogens (tertiary/aromatic N) is 5. The van der Waals surface area contributed by atoms with Crippen LogP contribution in [0.4, 0.5) is 0 Å². The van der Waals surface area contributed by atoms with Gasteiger partial charge in [-0.2, -0.15) is 15.8 Å².